The molecule has 0 spiro atoms. The molecule has 7 nitrogen and oxygen atoms in total. The van der Waals surface area contributed by atoms with E-state index in [9.17, 15) is 4.79 Å². The van der Waals surface area contributed by atoms with E-state index in [1.807, 2.05) is 0 Å². The van der Waals surface area contributed by atoms with Gasteiger partial charge in [-0.3, -0.25) is 9.89 Å². The van der Waals surface area contributed by atoms with E-state index in [1.165, 1.54) is 23.0 Å². The van der Waals surface area contributed by atoms with Crippen LogP contribution < -0.4 is 5.32 Å². The van der Waals surface area contributed by atoms with Gasteiger partial charge in [-0.2, -0.15) is 10.2 Å². The summed E-state index contributed by atoms with van der Waals surface area (Å²) >= 11 is 0. The minimum absolute atomic E-state index is 0.00884. The van der Waals surface area contributed by atoms with Crippen molar-refractivity contribution in [2.45, 2.75) is 32.7 Å². The standard InChI is InChI=1S/C17H18N6O/c1-10-3-11(2)13(4-12(10)7-23-9-18-8-20-23)14-5-16(24)21-17-15(14)6-19-22-17/h3-4,6,8-9,14H,5,7H2,1-2H3,(H2,19,21,22,24)/t14-/m1/s1. The van der Waals surface area contributed by atoms with Gasteiger partial charge in [0, 0.05) is 17.9 Å². The number of nitrogens with one attached hydrogen (secondary N) is 2. The van der Waals surface area contributed by atoms with Crippen LogP contribution in [-0.2, 0) is 11.3 Å². The van der Waals surface area contributed by atoms with Crippen molar-refractivity contribution < 1.29 is 4.79 Å². The number of hydrogen-bond donors (Lipinski definition) is 2. The van der Waals surface area contributed by atoms with Gasteiger partial charge in [0.2, 0.25) is 5.91 Å². The van der Waals surface area contributed by atoms with Gasteiger partial charge in [-0.25, -0.2) is 9.67 Å². The minimum atomic E-state index is 0.00884. The molecule has 1 aromatic carbocycles. The highest BCUT2D eigenvalue weighted by atomic mass is 16.1. The lowest BCUT2D eigenvalue weighted by Crippen LogP contribution is -2.23. The van der Waals surface area contributed by atoms with Crippen molar-refractivity contribution >= 4 is 11.7 Å². The average Bonchev–Trinajstić information content (AvgIpc) is 3.20. The monoisotopic (exact) mass is 322 g/mol. The average molecular weight is 322 g/mol. The number of aromatic nitrogens is 5. The lowest BCUT2D eigenvalue weighted by Gasteiger charge is -2.25. The van der Waals surface area contributed by atoms with Gasteiger partial charge in [-0.1, -0.05) is 12.1 Å². The van der Waals surface area contributed by atoms with Crippen molar-refractivity contribution in [2.24, 2.45) is 0 Å². The summed E-state index contributed by atoms with van der Waals surface area (Å²) in [6.45, 7) is 4.85. The Kier molecular flexibility index (Phi) is 3.41. The molecule has 4 rings (SSSR count). The number of fused-ring (bicyclic) bond motifs is 1. The van der Waals surface area contributed by atoms with Gasteiger partial charge >= 0.3 is 0 Å². The zero-order chi connectivity index (χ0) is 16.7. The van der Waals surface area contributed by atoms with Gasteiger partial charge in [0.05, 0.1) is 12.7 Å². The molecule has 2 aromatic heterocycles. The second-order valence-corrected chi connectivity index (χ2v) is 6.23. The molecule has 3 aromatic rings. The summed E-state index contributed by atoms with van der Waals surface area (Å²) in [5.74, 6) is 0.728. The molecular weight excluding hydrogens is 304 g/mol. The SMILES string of the molecule is Cc1cc(C)c([C@H]2CC(=O)Nc3[nH]ncc32)cc1Cn1cncn1. The summed E-state index contributed by atoms with van der Waals surface area (Å²) in [6.07, 6.45) is 5.48. The van der Waals surface area contributed by atoms with E-state index in [-0.39, 0.29) is 11.8 Å². The topological polar surface area (TPSA) is 88.5 Å². The fourth-order valence-corrected chi connectivity index (χ4v) is 3.37. The zero-order valence-electron chi connectivity index (χ0n) is 13.6. The van der Waals surface area contributed by atoms with Crippen molar-refractivity contribution in [2.75, 3.05) is 5.32 Å². The van der Waals surface area contributed by atoms with Crippen LogP contribution in [0.5, 0.6) is 0 Å². The molecule has 0 bridgehead atoms. The third-order valence-corrected chi connectivity index (χ3v) is 4.60. The van der Waals surface area contributed by atoms with Crippen molar-refractivity contribution in [1.29, 1.82) is 0 Å². The van der Waals surface area contributed by atoms with Gasteiger partial charge in [-0.15, -0.1) is 0 Å². The number of amides is 1. The first-order chi connectivity index (χ1) is 11.6. The summed E-state index contributed by atoms with van der Waals surface area (Å²) in [6, 6.07) is 4.36. The Morgan fingerprint density at radius 3 is 2.92 bits per heavy atom. The van der Waals surface area contributed by atoms with Crippen LogP contribution in [0.15, 0.2) is 31.0 Å². The number of hydrogen-bond acceptors (Lipinski definition) is 4. The maximum atomic E-state index is 12.0. The lowest BCUT2D eigenvalue weighted by atomic mass is 9.83. The molecule has 0 saturated carbocycles. The van der Waals surface area contributed by atoms with Crippen LogP contribution >= 0.6 is 0 Å². The summed E-state index contributed by atoms with van der Waals surface area (Å²) in [4.78, 5) is 16.0. The first-order valence-corrected chi connectivity index (χ1v) is 7.87. The molecule has 1 aliphatic heterocycles. The van der Waals surface area contributed by atoms with Crippen LogP contribution in [0.1, 0.15) is 40.2 Å². The van der Waals surface area contributed by atoms with E-state index in [0.29, 0.717) is 18.8 Å². The van der Waals surface area contributed by atoms with E-state index < -0.39 is 0 Å². The Labute approximate surface area is 139 Å². The molecule has 0 radical (unpaired) electrons. The summed E-state index contributed by atoms with van der Waals surface area (Å²) in [5, 5.41) is 14.0. The predicted molar refractivity (Wildman–Crippen MR) is 88.7 cm³/mol. The number of nitrogens with zero attached hydrogens (tertiary/aromatic N) is 4. The zero-order valence-corrected chi connectivity index (χ0v) is 13.6. The van der Waals surface area contributed by atoms with E-state index >= 15 is 0 Å². The first-order valence-electron chi connectivity index (χ1n) is 7.87. The smallest absolute Gasteiger partial charge is 0.226 e. The first kappa shape index (κ1) is 14.6. The second kappa shape index (κ2) is 5.59. The number of benzene rings is 1. The van der Waals surface area contributed by atoms with E-state index in [1.54, 1.807) is 17.2 Å². The van der Waals surface area contributed by atoms with E-state index in [4.69, 9.17) is 0 Å². The normalized spacial score (nSPS) is 16.8. The molecule has 1 aliphatic rings. The predicted octanol–water partition coefficient (Wildman–Crippen LogP) is 2.14. The molecule has 0 fully saturated rings. The third kappa shape index (κ3) is 2.47. The third-order valence-electron chi connectivity index (χ3n) is 4.60. The maximum Gasteiger partial charge on any atom is 0.226 e. The van der Waals surface area contributed by atoms with Crippen LogP contribution in [0.3, 0.4) is 0 Å². The number of rotatable bonds is 3. The Morgan fingerprint density at radius 1 is 1.25 bits per heavy atom. The molecule has 24 heavy (non-hydrogen) atoms. The molecule has 0 unspecified atom stereocenters. The molecule has 2 N–H and O–H groups in total. The van der Waals surface area contributed by atoms with E-state index in [0.717, 1.165) is 11.1 Å². The van der Waals surface area contributed by atoms with Gasteiger partial charge < -0.3 is 5.32 Å². The molecule has 0 aliphatic carbocycles. The van der Waals surface area contributed by atoms with Crippen LogP contribution in [0, 0.1) is 13.8 Å². The quantitative estimate of drug-likeness (QED) is 0.773. The summed E-state index contributed by atoms with van der Waals surface area (Å²) in [5.41, 5.74) is 5.76. The maximum absolute atomic E-state index is 12.0. The van der Waals surface area contributed by atoms with Gasteiger partial charge in [0.1, 0.15) is 18.5 Å². The van der Waals surface area contributed by atoms with Crippen molar-refractivity contribution in [3.8, 4) is 0 Å². The number of carbonyl (C=O) groups excluding carboxylic acids is 1. The number of aromatic amines is 1. The van der Waals surface area contributed by atoms with Gasteiger partial charge in [0.15, 0.2) is 0 Å². The number of carbonyl (C=O) groups is 1. The number of H-pyrrole nitrogens is 1. The molecule has 1 amide bonds. The summed E-state index contributed by atoms with van der Waals surface area (Å²) in [7, 11) is 0. The molecule has 1 atom stereocenters. The Hall–Kier alpha value is -2.96. The Bertz CT molecular complexity index is 896. The molecule has 0 saturated heterocycles. The van der Waals surface area contributed by atoms with Crippen LogP contribution in [0.2, 0.25) is 0 Å². The highest BCUT2D eigenvalue weighted by Gasteiger charge is 2.29. The van der Waals surface area contributed by atoms with Crippen molar-refractivity contribution in [1.82, 2.24) is 25.0 Å². The Balaban J connectivity index is 1.77. The highest BCUT2D eigenvalue weighted by molar-refractivity contribution is 5.94. The number of anilines is 1. The van der Waals surface area contributed by atoms with Crippen LogP contribution in [0.4, 0.5) is 5.82 Å². The summed E-state index contributed by atoms with van der Waals surface area (Å²) < 4.78 is 1.80. The fraction of sp³-hybridized carbons (Fsp3) is 0.294. The molecule has 7 heteroatoms. The Morgan fingerprint density at radius 2 is 2.12 bits per heavy atom. The highest BCUT2D eigenvalue weighted by Crippen LogP contribution is 2.38. The fourth-order valence-electron chi connectivity index (χ4n) is 3.37. The molecule has 3 heterocycles. The molecular formula is C17H18N6O. The largest absolute Gasteiger partial charge is 0.311 e. The minimum Gasteiger partial charge on any atom is -0.311 e. The van der Waals surface area contributed by atoms with Crippen molar-refractivity contribution in [3.05, 3.63) is 58.8 Å². The van der Waals surface area contributed by atoms with Crippen LogP contribution in [0.25, 0.3) is 0 Å². The molecule has 122 valence electrons. The lowest BCUT2D eigenvalue weighted by molar-refractivity contribution is -0.116. The van der Waals surface area contributed by atoms with E-state index in [2.05, 4.69) is 51.6 Å². The van der Waals surface area contributed by atoms with Gasteiger partial charge in [0.25, 0.3) is 0 Å². The number of aryl methyl sites for hydroxylation is 2. The second-order valence-electron chi connectivity index (χ2n) is 6.23. The van der Waals surface area contributed by atoms with Crippen molar-refractivity contribution in [3.63, 3.8) is 0 Å². The van der Waals surface area contributed by atoms with Gasteiger partial charge in [-0.05, 0) is 36.1 Å². The van der Waals surface area contributed by atoms with Crippen LogP contribution in [-0.4, -0.2) is 30.9 Å².